The molecule has 2 nitrogen and oxygen atoms in total. The Morgan fingerprint density at radius 3 is 2.58 bits per heavy atom. The minimum absolute atomic E-state index is 0.0855. The summed E-state index contributed by atoms with van der Waals surface area (Å²) in [4.78, 5) is 0. The van der Waals surface area contributed by atoms with Gasteiger partial charge in [0.25, 0.3) is 0 Å². The molecular formula is C16H22ClNO. The molecule has 1 heterocycles. The Labute approximate surface area is 119 Å². The Bertz CT molecular complexity index is 568. The van der Waals surface area contributed by atoms with Crippen LogP contribution >= 0.6 is 11.6 Å². The van der Waals surface area contributed by atoms with Gasteiger partial charge in [-0.2, -0.15) is 0 Å². The van der Waals surface area contributed by atoms with Gasteiger partial charge in [0.15, 0.2) is 5.58 Å². The van der Waals surface area contributed by atoms with Crippen LogP contribution in [0.5, 0.6) is 0 Å². The smallest absolute Gasteiger partial charge is 0.152 e. The number of halogens is 1. The fourth-order valence-corrected chi connectivity index (χ4v) is 2.30. The number of rotatable bonds is 3. The number of hydrogen-bond donors (Lipinski definition) is 1. The first-order valence-corrected chi connectivity index (χ1v) is 7.10. The van der Waals surface area contributed by atoms with Gasteiger partial charge in [-0.15, -0.1) is 0 Å². The first-order chi connectivity index (χ1) is 8.79. The van der Waals surface area contributed by atoms with Gasteiger partial charge >= 0.3 is 0 Å². The molecular weight excluding hydrogens is 258 g/mol. The van der Waals surface area contributed by atoms with E-state index in [0.717, 1.165) is 23.2 Å². The van der Waals surface area contributed by atoms with E-state index >= 15 is 0 Å². The van der Waals surface area contributed by atoms with E-state index in [-0.39, 0.29) is 11.5 Å². The zero-order valence-corrected chi connectivity index (χ0v) is 12.8. The van der Waals surface area contributed by atoms with Gasteiger partial charge in [-0.3, -0.25) is 0 Å². The van der Waals surface area contributed by atoms with Gasteiger partial charge in [0.05, 0.1) is 11.1 Å². The maximum absolute atomic E-state index is 6.27. The summed E-state index contributed by atoms with van der Waals surface area (Å²) in [6.45, 7) is 8.94. The zero-order chi connectivity index (χ0) is 14.2. The molecule has 0 spiro atoms. The molecule has 0 bridgehead atoms. The standard InChI is InChI=1S/C16H22ClNO/c1-10(16(2,3)4)8-13(18)14-9-11-6-5-7-12(17)15(11)19-14/h5-7,9-10,13H,8,18H2,1-4H3. The maximum atomic E-state index is 6.27. The van der Waals surface area contributed by atoms with Crippen molar-refractivity contribution in [3.05, 3.63) is 35.0 Å². The summed E-state index contributed by atoms with van der Waals surface area (Å²) in [6, 6.07) is 7.67. The molecule has 0 saturated heterocycles. The van der Waals surface area contributed by atoms with Crippen molar-refractivity contribution in [2.45, 2.75) is 40.2 Å². The van der Waals surface area contributed by atoms with E-state index in [1.54, 1.807) is 0 Å². The molecule has 0 fully saturated rings. The molecule has 0 amide bonds. The predicted octanol–water partition coefficient (Wildman–Crippen LogP) is 5.16. The summed E-state index contributed by atoms with van der Waals surface area (Å²) >= 11 is 6.12. The lowest BCUT2D eigenvalue weighted by atomic mass is 9.78. The van der Waals surface area contributed by atoms with Crippen LogP contribution in [0.2, 0.25) is 5.02 Å². The number of fused-ring (bicyclic) bond motifs is 1. The van der Waals surface area contributed by atoms with E-state index in [4.69, 9.17) is 21.8 Å². The second-order valence-corrected chi connectivity index (χ2v) is 6.82. The van der Waals surface area contributed by atoms with Crippen molar-refractivity contribution in [1.82, 2.24) is 0 Å². The fraction of sp³-hybridized carbons (Fsp3) is 0.500. The molecule has 19 heavy (non-hydrogen) atoms. The van der Waals surface area contributed by atoms with E-state index in [9.17, 15) is 0 Å². The van der Waals surface area contributed by atoms with Gasteiger partial charge in [-0.1, -0.05) is 51.4 Å². The Hall–Kier alpha value is -0.990. The third kappa shape index (κ3) is 3.13. The van der Waals surface area contributed by atoms with Crippen molar-refractivity contribution in [2.24, 2.45) is 17.1 Å². The lowest BCUT2D eigenvalue weighted by molar-refractivity contribution is 0.228. The molecule has 0 aliphatic carbocycles. The average molecular weight is 280 g/mol. The normalized spacial score (nSPS) is 15.7. The van der Waals surface area contributed by atoms with E-state index in [1.165, 1.54) is 0 Å². The van der Waals surface area contributed by atoms with Crippen LogP contribution in [0.1, 0.15) is 45.9 Å². The van der Waals surface area contributed by atoms with Crippen molar-refractivity contribution in [1.29, 1.82) is 0 Å². The lowest BCUT2D eigenvalue weighted by Crippen LogP contribution is -2.22. The number of furan rings is 1. The highest BCUT2D eigenvalue weighted by molar-refractivity contribution is 6.34. The first kappa shape index (κ1) is 14.4. The molecule has 2 atom stereocenters. The molecule has 0 aliphatic heterocycles. The summed E-state index contributed by atoms with van der Waals surface area (Å²) in [5.74, 6) is 1.34. The minimum atomic E-state index is -0.0855. The highest BCUT2D eigenvalue weighted by Gasteiger charge is 2.24. The van der Waals surface area contributed by atoms with Crippen LogP contribution in [0.4, 0.5) is 0 Å². The van der Waals surface area contributed by atoms with E-state index in [1.807, 2.05) is 24.3 Å². The largest absolute Gasteiger partial charge is 0.458 e. The fourth-order valence-electron chi connectivity index (χ4n) is 2.08. The molecule has 2 N–H and O–H groups in total. The zero-order valence-electron chi connectivity index (χ0n) is 12.0. The van der Waals surface area contributed by atoms with E-state index < -0.39 is 0 Å². The van der Waals surface area contributed by atoms with Crippen molar-refractivity contribution in [3.8, 4) is 0 Å². The highest BCUT2D eigenvalue weighted by Crippen LogP contribution is 2.35. The lowest BCUT2D eigenvalue weighted by Gasteiger charge is -2.28. The summed E-state index contributed by atoms with van der Waals surface area (Å²) in [7, 11) is 0. The van der Waals surface area contributed by atoms with Crippen LogP contribution < -0.4 is 5.73 Å². The molecule has 0 saturated carbocycles. The quantitative estimate of drug-likeness (QED) is 0.843. The molecule has 0 aliphatic rings. The van der Waals surface area contributed by atoms with Gasteiger partial charge in [-0.05, 0) is 29.9 Å². The van der Waals surface area contributed by atoms with E-state index in [2.05, 4.69) is 27.7 Å². The Morgan fingerprint density at radius 2 is 2.00 bits per heavy atom. The molecule has 104 valence electrons. The second-order valence-electron chi connectivity index (χ2n) is 6.42. The molecule has 2 aromatic rings. The summed E-state index contributed by atoms with van der Waals surface area (Å²) in [6.07, 6.45) is 0.904. The van der Waals surface area contributed by atoms with Crippen molar-refractivity contribution >= 4 is 22.6 Å². The number of para-hydroxylation sites is 1. The SMILES string of the molecule is CC(CC(N)c1cc2cccc(Cl)c2o1)C(C)(C)C. The van der Waals surface area contributed by atoms with Gasteiger partial charge < -0.3 is 10.2 Å². The van der Waals surface area contributed by atoms with Crippen LogP contribution in [0, 0.1) is 11.3 Å². The third-order valence-corrected chi connectivity index (χ3v) is 4.26. The second kappa shape index (κ2) is 5.18. The summed E-state index contributed by atoms with van der Waals surface area (Å²) in [5, 5.41) is 1.65. The topological polar surface area (TPSA) is 39.2 Å². The molecule has 1 aromatic carbocycles. The van der Waals surface area contributed by atoms with Crippen molar-refractivity contribution in [2.75, 3.05) is 0 Å². The monoisotopic (exact) mass is 279 g/mol. The van der Waals surface area contributed by atoms with E-state index in [0.29, 0.717) is 10.9 Å². The van der Waals surface area contributed by atoms with Crippen LogP contribution in [0.3, 0.4) is 0 Å². The van der Waals surface area contributed by atoms with Gasteiger partial charge in [0, 0.05) is 5.39 Å². The molecule has 2 rings (SSSR count). The molecule has 0 radical (unpaired) electrons. The Kier molecular flexibility index (Phi) is 3.93. The number of hydrogen-bond acceptors (Lipinski definition) is 2. The summed E-state index contributed by atoms with van der Waals surface area (Å²) in [5.41, 5.74) is 7.26. The highest BCUT2D eigenvalue weighted by atomic mass is 35.5. The summed E-state index contributed by atoms with van der Waals surface area (Å²) < 4.78 is 5.82. The van der Waals surface area contributed by atoms with Crippen LogP contribution in [0.15, 0.2) is 28.7 Å². The number of nitrogens with two attached hydrogens (primary N) is 1. The van der Waals surface area contributed by atoms with Gasteiger partial charge in [0.2, 0.25) is 0 Å². The van der Waals surface area contributed by atoms with Gasteiger partial charge in [0.1, 0.15) is 5.76 Å². The minimum Gasteiger partial charge on any atom is -0.458 e. The van der Waals surface area contributed by atoms with Crippen LogP contribution in [-0.2, 0) is 0 Å². The molecule has 3 heteroatoms. The number of benzene rings is 1. The van der Waals surface area contributed by atoms with Crippen LogP contribution in [-0.4, -0.2) is 0 Å². The predicted molar refractivity (Wildman–Crippen MR) is 81.4 cm³/mol. The Morgan fingerprint density at radius 1 is 1.32 bits per heavy atom. The Balaban J connectivity index is 2.22. The molecule has 2 unspecified atom stereocenters. The first-order valence-electron chi connectivity index (χ1n) is 6.72. The third-order valence-electron chi connectivity index (χ3n) is 3.97. The molecule has 1 aromatic heterocycles. The van der Waals surface area contributed by atoms with Gasteiger partial charge in [-0.25, -0.2) is 0 Å². The van der Waals surface area contributed by atoms with Crippen molar-refractivity contribution in [3.63, 3.8) is 0 Å². The van der Waals surface area contributed by atoms with Crippen molar-refractivity contribution < 1.29 is 4.42 Å². The average Bonchev–Trinajstić information content (AvgIpc) is 2.73. The maximum Gasteiger partial charge on any atom is 0.152 e. The van der Waals surface area contributed by atoms with Crippen LogP contribution in [0.25, 0.3) is 11.0 Å².